The monoisotopic (exact) mass is 519 g/mol. The Morgan fingerprint density at radius 3 is 2.58 bits per heavy atom. The minimum absolute atomic E-state index is 0.0516. The van der Waals surface area contributed by atoms with E-state index < -0.39 is 23.0 Å². The Hall–Kier alpha value is -4.01. The van der Waals surface area contributed by atoms with Crippen LogP contribution < -0.4 is 15.5 Å². The molecule has 3 fully saturated rings. The maximum absolute atomic E-state index is 14.1. The molecule has 7 rings (SSSR count). The summed E-state index contributed by atoms with van der Waals surface area (Å²) in [5, 5.41) is 2.56. The van der Waals surface area contributed by atoms with Gasteiger partial charge < -0.3 is 19.5 Å². The van der Waals surface area contributed by atoms with Crippen molar-refractivity contribution >= 4 is 11.8 Å². The Balaban J connectivity index is 1.37. The Labute approximate surface area is 218 Å². The first kappa shape index (κ1) is 24.3. The largest absolute Gasteiger partial charge is 0.483 e. The van der Waals surface area contributed by atoms with Crippen molar-refractivity contribution in [2.45, 2.75) is 50.9 Å². The van der Waals surface area contributed by atoms with Gasteiger partial charge in [0.15, 0.2) is 11.4 Å². The van der Waals surface area contributed by atoms with Crippen molar-refractivity contribution in [1.82, 2.24) is 14.8 Å². The third-order valence-corrected chi connectivity index (χ3v) is 8.12. The predicted molar refractivity (Wildman–Crippen MR) is 135 cm³/mol. The number of hydrogen-bond donors (Lipinski definition) is 1. The summed E-state index contributed by atoms with van der Waals surface area (Å²) in [6.45, 7) is 0.951. The van der Waals surface area contributed by atoms with Crippen molar-refractivity contribution in [2.24, 2.45) is 5.92 Å². The third kappa shape index (κ3) is 4.15. The van der Waals surface area contributed by atoms with E-state index in [4.69, 9.17) is 4.74 Å². The van der Waals surface area contributed by atoms with Gasteiger partial charge in [-0.25, -0.2) is 8.78 Å². The fourth-order valence-electron chi connectivity index (χ4n) is 6.05. The lowest BCUT2D eigenvalue weighted by Crippen LogP contribution is -2.65. The Bertz CT molecular complexity index is 1480. The Morgan fingerprint density at radius 2 is 1.84 bits per heavy atom. The van der Waals surface area contributed by atoms with E-state index in [0.29, 0.717) is 19.0 Å². The van der Waals surface area contributed by atoms with Crippen LogP contribution in [0.1, 0.15) is 57.7 Å². The molecule has 2 amide bonds. The van der Waals surface area contributed by atoms with Gasteiger partial charge in [-0.3, -0.25) is 14.4 Å². The quantitative estimate of drug-likeness (QED) is 0.533. The molecule has 0 atom stereocenters. The highest BCUT2D eigenvalue weighted by atomic mass is 19.1. The molecule has 3 aliphatic heterocycles. The first-order chi connectivity index (χ1) is 18.3. The number of halogens is 2. The zero-order valence-corrected chi connectivity index (χ0v) is 20.7. The third-order valence-electron chi connectivity index (χ3n) is 8.12. The molecule has 2 aromatic carbocycles. The van der Waals surface area contributed by atoms with Gasteiger partial charge in [-0.2, -0.15) is 0 Å². The fourth-order valence-corrected chi connectivity index (χ4v) is 6.05. The van der Waals surface area contributed by atoms with Crippen molar-refractivity contribution in [3.05, 3.63) is 99.0 Å². The molecule has 9 heteroatoms. The highest BCUT2D eigenvalue weighted by molar-refractivity contribution is 5.99. The number of benzene rings is 2. The van der Waals surface area contributed by atoms with Crippen LogP contribution >= 0.6 is 0 Å². The summed E-state index contributed by atoms with van der Waals surface area (Å²) < 4.78 is 35.0. The van der Waals surface area contributed by atoms with Crippen molar-refractivity contribution in [1.29, 1.82) is 0 Å². The van der Waals surface area contributed by atoms with Crippen LogP contribution in [-0.4, -0.2) is 33.4 Å². The molecule has 1 spiro atoms. The highest BCUT2D eigenvalue weighted by Gasteiger charge is 2.52. The van der Waals surface area contributed by atoms with Gasteiger partial charge in [-0.1, -0.05) is 36.4 Å². The molecule has 1 N–H and O–H groups in total. The number of pyridine rings is 1. The number of carbonyl (C=O) groups is 2. The van der Waals surface area contributed by atoms with E-state index in [1.165, 1.54) is 12.3 Å². The van der Waals surface area contributed by atoms with E-state index >= 15 is 0 Å². The molecule has 1 aromatic heterocycles. The minimum Gasteiger partial charge on any atom is -0.483 e. The standard InChI is InChI=1S/C29H27F2N3O4/c30-21-7-6-20(23(31)12-21)13-32-27(36)22-15-33-17-29-10-8-18(9-11-29)14-34(29)28(37)24(33)26(25(22)35)38-16-19-4-2-1-3-5-19/h1-7,12,15,18H,8-11,13-14,16-17H2,(H,32,36). The lowest BCUT2D eigenvalue weighted by molar-refractivity contribution is -0.0391. The summed E-state index contributed by atoms with van der Waals surface area (Å²) in [5.74, 6) is -2.18. The molecule has 2 bridgehead atoms. The maximum atomic E-state index is 14.1. The smallest absolute Gasteiger partial charge is 0.275 e. The zero-order chi connectivity index (χ0) is 26.4. The average Bonchev–Trinajstić information content (AvgIpc) is 2.92. The number of carbonyl (C=O) groups excluding carboxylic acids is 2. The lowest BCUT2D eigenvalue weighted by atomic mass is 9.69. The second-order valence-corrected chi connectivity index (χ2v) is 10.5. The van der Waals surface area contributed by atoms with Crippen LogP contribution in [0.4, 0.5) is 8.78 Å². The number of nitrogens with one attached hydrogen (secondary N) is 1. The van der Waals surface area contributed by atoms with Crippen molar-refractivity contribution in [2.75, 3.05) is 6.54 Å². The summed E-state index contributed by atoms with van der Waals surface area (Å²) in [5.41, 5.74) is -0.177. The van der Waals surface area contributed by atoms with Crippen LogP contribution in [0.25, 0.3) is 0 Å². The molecule has 1 aliphatic carbocycles. The Morgan fingerprint density at radius 1 is 1.08 bits per heavy atom. The van der Waals surface area contributed by atoms with Crippen LogP contribution in [-0.2, 0) is 19.7 Å². The Kier molecular flexibility index (Phi) is 6.01. The number of amides is 2. The number of rotatable bonds is 6. The molecule has 2 saturated heterocycles. The van der Waals surface area contributed by atoms with Crippen molar-refractivity contribution in [3.8, 4) is 5.75 Å². The van der Waals surface area contributed by atoms with Crippen LogP contribution in [0.15, 0.2) is 59.5 Å². The normalized spacial score (nSPS) is 21.6. The van der Waals surface area contributed by atoms with Gasteiger partial charge in [0, 0.05) is 37.5 Å². The van der Waals surface area contributed by atoms with Gasteiger partial charge in [0.05, 0.1) is 5.54 Å². The molecule has 1 saturated carbocycles. The highest BCUT2D eigenvalue weighted by Crippen LogP contribution is 2.47. The van der Waals surface area contributed by atoms with Gasteiger partial charge in [0.1, 0.15) is 23.8 Å². The molecule has 196 valence electrons. The van der Waals surface area contributed by atoms with Crippen molar-refractivity contribution < 1.29 is 23.1 Å². The fraction of sp³-hybridized carbons (Fsp3) is 0.345. The molecule has 0 radical (unpaired) electrons. The van der Waals surface area contributed by atoms with E-state index in [-0.39, 0.29) is 47.2 Å². The maximum Gasteiger partial charge on any atom is 0.275 e. The van der Waals surface area contributed by atoms with Crippen molar-refractivity contribution in [3.63, 3.8) is 0 Å². The molecular weight excluding hydrogens is 492 g/mol. The summed E-state index contributed by atoms with van der Waals surface area (Å²) in [6, 6.07) is 12.3. The molecular formula is C29H27F2N3O4. The van der Waals surface area contributed by atoms with Crippen LogP contribution in [0.3, 0.4) is 0 Å². The summed E-state index contributed by atoms with van der Waals surface area (Å²) in [7, 11) is 0. The lowest BCUT2D eigenvalue weighted by Gasteiger charge is -2.57. The van der Waals surface area contributed by atoms with Gasteiger partial charge in [0.25, 0.3) is 11.8 Å². The van der Waals surface area contributed by atoms with Crippen LogP contribution in [0.2, 0.25) is 0 Å². The minimum atomic E-state index is -0.794. The number of fused-ring (bicyclic) bond motifs is 3. The molecule has 0 unspecified atom stereocenters. The number of hydrogen-bond acceptors (Lipinski definition) is 4. The number of ether oxygens (including phenoxy) is 1. The molecule has 38 heavy (non-hydrogen) atoms. The zero-order valence-electron chi connectivity index (χ0n) is 20.7. The summed E-state index contributed by atoms with van der Waals surface area (Å²) in [4.78, 5) is 42.5. The first-order valence-corrected chi connectivity index (χ1v) is 12.8. The van der Waals surface area contributed by atoms with Crippen LogP contribution in [0.5, 0.6) is 5.75 Å². The topological polar surface area (TPSA) is 80.6 Å². The molecule has 4 aliphatic rings. The van der Waals surface area contributed by atoms with E-state index in [1.807, 2.05) is 35.2 Å². The average molecular weight is 520 g/mol. The second-order valence-electron chi connectivity index (χ2n) is 10.5. The number of piperidine rings is 2. The van der Waals surface area contributed by atoms with E-state index in [1.54, 1.807) is 4.57 Å². The second kappa shape index (κ2) is 9.38. The number of aromatic nitrogens is 1. The van der Waals surface area contributed by atoms with Gasteiger partial charge in [-0.05, 0) is 43.2 Å². The van der Waals surface area contributed by atoms with Gasteiger partial charge >= 0.3 is 0 Å². The summed E-state index contributed by atoms with van der Waals surface area (Å²) >= 11 is 0. The molecule has 7 nitrogen and oxygen atoms in total. The SMILES string of the molecule is O=C(NCc1ccc(F)cc1F)c1cn2c(c(OCc3ccccc3)c1=O)C(=O)N1CC3CCC1(CC3)C2. The molecule has 4 heterocycles. The molecule has 3 aromatic rings. The number of nitrogens with zero attached hydrogens (tertiary/aromatic N) is 2. The van der Waals surface area contributed by atoms with Gasteiger partial charge in [-0.15, -0.1) is 0 Å². The predicted octanol–water partition coefficient (Wildman–Crippen LogP) is 4.03. The van der Waals surface area contributed by atoms with Crippen LogP contribution in [0, 0.1) is 17.6 Å². The van der Waals surface area contributed by atoms with E-state index in [9.17, 15) is 23.2 Å². The van der Waals surface area contributed by atoms with Gasteiger partial charge in [0.2, 0.25) is 5.43 Å². The first-order valence-electron chi connectivity index (χ1n) is 12.8. The summed E-state index contributed by atoms with van der Waals surface area (Å²) in [6.07, 6.45) is 5.27. The van der Waals surface area contributed by atoms with E-state index in [2.05, 4.69) is 5.32 Å². The van der Waals surface area contributed by atoms with E-state index in [0.717, 1.165) is 43.4 Å².